The quantitative estimate of drug-likeness (QED) is 0.748. The van der Waals surface area contributed by atoms with E-state index in [1.54, 1.807) is 0 Å². The third kappa shape index (κ3) is 3.05. The van der Waals surface area contributed by atoms with Gasteiger partial charge in [0.15, 0.2) is 0 Å². The SMILES string of the molecule is O=c1[nH]c(C(F)(F)F)nc2c1CCN(Cc1ccc3[nH]ccc3c1)C2. The highest BCUT2D eigenvalue weighted by Crippen LogP contribution is 2.27. The molecule has 0 spiro atoms. The van der Waals surface area contributed by atoms with Crippen molar-refractivity contribution in [1.29, 1.82) is 0 Å². The summed E-state index contributed by atoms with van der Waals surface area (Å²) in [4.78, 5) is 22.5. The molecule has 25 heavy (non-hydrogen) atoms. The lowest BCUT2D eigenvalue weighted by Crippen LogP contribution is -2.36. The number of alkyl halides is 3. The molecule has 0 amide bonds. The van der Waals surface area contributed by atoms with Crippen molar-refractivity contribution in [2.75, 3.05) is 6.54 Å². The Kier molecular flexibility index (Phi) is 3.64. The lowest BCUT2D eigenvalue weighted by molar-refractivity contribution is -0.145. The number of aromatic nitrogens is 3. The maximum Gasteiger partial charge on any atom is 0.449 e. The molecular formula is C17H15F3N4O. The molecule has 130 valence electrons. The maximum atomic E-state index is 12.9. The number of halogens is 3. The van der Waals surface area contributed by atoms with Gasteiger partial charge in [0.1, 0.15) is 0 Å². The summed E-state index contributed by atoms with van der Waals surface area (Å²) >= 11 is 0. The van der Waals surface area contributed by atoms with Crippen molar-refractivity contribution in [1.82, 2.24) is 19.9 Å². The second kappa shape index (κ2) is 5.73. The van der Waals surface area contributed by atoms with Gasteiger partial charge in [-0.3, -0.25) is 9.69 Å². The monoisotopic (exact) mass is 348 g/mol. The molecule has 0 radical (unpaired) electrons. The van der Waals surface area contributed by atoms with Crippen LogP contribution >= 0.6 is 0 Å². The number of hydrogen-bond donors (Lipinski definition) is 2. The van der Waals surface area contributed by atoms with Crippen molar-refractivity contribution in [2.24, 2.45) is 0 Å². The van der Waals surface area contributed by atoms with E-state index in [1.165, 1.54) is 0 Å². The minimum atomic E-state index is -4.66. The fraction of sp³-hybridized carbons (Fsp3) is 0.294. The van der Waals surface area contributed by atoms with Crippen molar-refractivity contribution >= 4 is 10.9 Å². The van der Waals surface area contributed by atoms with Crippen LogP contribution in [-0.4, -0.2) is 26.4 Å². The van der Waals surface area contributed by atoms with E-state index >= 15 is 0 Å². The first-order valence-electron chi connectivity index (χ1n) is 7.88. The zero-order valence-corrected chi connectivity index (χ0v) is 13.2. The Morgan fingerprint density at radius 2 is 2.08 bits per heavy atom. The highest BCUT2D eigenvalue weighted by molar-refractivity contribution is 5.79. The first-order chi connectivity index (χ1) is 11.9. The second-order valence-electron chi connectivity index (χ2n) is 6.20. The highest BCUT2D eigenvalue weighted by Gasteiger charge is 2.35. The van der Waals surface area contributed by atoms with Crippen LogP contribution < -0.4 is 5.56 Å². The molecule has 0 saturated heterocycles. The van der Waals surface area contributed by atoms with Crippen LogP contribution in [0.1, 0.15) is 22.6 Å². The molecule has 0 unspecified atom stereocenters. The summed E-state index contributed by atoms with van der Waals surface area (Å²) in [5.74, 6) is -1.23. The molecule has 3 heterocycles. The van der Waals surface area contributed by atoms with Gasteiger partial charge in [-0.1, -0.05) is 6.07 Å². The summed E-state index contributed by atoms with van der Waals surface area (Å²) in [6.45, 7) is 1.43. The fourth-order valence-electron chi connectivity index (χ4n) is 3.22. The first kappa shape index (κ1) is 15.9. The molecule has 1 aliphatic heterocycles. The van der Waals surface area contributed by atoms with Crippen molar-refractivity contribution in [2.45, 2.75) is 25.7 Å². The fourth-order valence-corrected chi connectivity index (χ4v) is 3.22. The Morgan fingerprint density at radius 1 is 1.24 bits per heavy atom. The van der Waals surface area contributed by atoms with E-state index < -0.39 is 17.6 Å². The Bertz CT molecular complexity index is 989. The Balaban J connectivity index is 1.59. The molecular weight excluding hydrogens is 333 g/mol. The molecule has 2 N–H and O–H groups in total. The molecule has 4 rings (SSSR count). The number of hydrogen-bond acceptors (Lipinski definition) is 3. The molecule has 1 aromatic carbocycles. The average molecular weight is 348 g/mol. The number of aromatic amines is 2. The maximum absolute atomic E-state index is 12.9. The molecule has 5 nitrogen and oxygen atoms in total. The number of benzene rings is 1. The van der Waals surface area contributed by atoms with Gasteiger partial charge in [0.25, 0.3) is 5.56 Å². The molecule has 8 heteroatoms. The van der Waals surface area contributed by atoms with Gasteiger partial charge in [-0.25, -0.2) is 4.98 Å². The molecule has 0 bridgehead atoms. The third-order valence-electron chi connectivity index (χ3n) is 4.44. The Labute approximate surface area is 140 Å². The van der Waals surface area contributed by atoms with Crippen LogP contribution in [0.4, 0.5) is 13.2 Å². The largest absolute Gasteiger partial charge is 0.449 e. The normalized spacial score (nSPS) is 15.5. The average Bonchev–Trinajstić information content (AvgIpc) is 3.01. The van der Waals surface area contributed by atoms with Gasteiger partial charge in [-0.15, -0.1) is 0 Å². The van der Waals surface area contributed by atoms with Gasteiger partial charge in [0, 0.05) is 36.9 Å². The smallest absolute Gasteiger partial charge is 0.361 e. The number of nitrogens with zero attached hydrogens (tertiary/aromatic N) is 2. The number of nitrogens with one attached hydrogen (secondary N) is 2. The van der Waals surface area contributed by atoms with Gasteiger partial charge in [0.2, 0.25) is 5.82 Å². The molecule has 1 aliphatic rings. The summed E-state index contributed by atoms with van der Waals surface area (Å²) in [7, 11) is 0. The molecule has 0 atom stereocenters. The first-order valence-corrected chi connectivity index (χ1v) is 7.88. The molecule has 0 saturated carbocycles. The van der Waals surface area contributed by atoms with Crippen molar-refractivity contribution in [3.63, 3.8) is 0 Å². The van der Waals surface area contributed by atoms with Gasteiger partial charge < -0.3 is 9.97 Å². The van der Waals surface area contributed by atoms with Crippen molar-refractivity contribution in [3.05, 3.63) is 63.5 Å². The third-order valence-corrected chi connectivity index (χ3v) is 4.44. The van der Waals surface area contributed by atoms with Crippen LogP contribution in [0.3, 0.4) is 0 Å². The highest BCUT2D eigenvalue weighted by atomic mass is 19.4. The van der Waals surface area contributed by atoms with Gasteiger partial charge in [-0.2, -0.15) is 13.2 Å². The van der Waals surface area contributed by atoms with Crippen LogP contribution in [0.25, 0.3) is 10.9 Å². The van der Waals surface area contributed by atoms with Gasteiger partial charge >= 0.3 is 6.18 Å². The van der Waals surface area contributed by atoms with Crippen LogP contribution in [0, 0.1) is 0 Å². The molecule has 2 aromatic heterocycles. The Morgan fingerprint density at radius 3 is 2.88 bits per heavy atom. The summed E-state index contributed by atoms with van der Waals surface area (Å²) in [5.41, 5.74) is 1.98. The van der Waals surface area contributed by atoms with E-state index in [9.17, 15) is 18.0 Å². The molecule has 0 aliphatic carbocycles. The summed E-state index contributed by atoms with van der Waals surface area (Å²) < 4.78 is 38.6. The standard InChI is InChI=1S/C17H15F3N4O/c18-17(19,20)16-22-14-9-24(6-4-12(14)15(25)23-16)8-10-1-2-13-11(7-10)3-5-21-13/h1-3,5,7,21H,4,6,8-9H2,(H,22,23,25). The summed E-state index contributed by atoms with van der Waals surface area (Å²) in [5, 5.41) is 1.09. The zero-order valence-electron chi connectivity index (χ0n) is 13.2. The number of H-pyrrole nitrogens is 2. The Hall–Kier alpha value is -2.61. The molecule has 0 fully saturated rings. The minimum absolute atomic E-state index is 0.213. The second-order valence-corrected chi connectivity index (χ2v) is 6.20. The van der Waals surface area contributed by atoms with Crippen LogP contribution in [0.15, 0.2) is 35.3 Å². The molecule has 3 aromatic rings. The minimum Gasteiger partial charge on any atom is -0.361 e. The zero-order chi connectivity index (χ0) is 17.6. The van der Waals surface area contributed by atoms with Crippen LogP contribution in [0.2, 0.25) is 0 Å². The lowest BCUT2D eigenvalue weighted by Gasteiger charge is -2.27. The van der Waals surface area contributed by atoms with E-state index in [4.69, 9.17) is 0 Å². The van der Waals surface area contributed by atoms with E-state index in [0.29, 0.717) is 25.1 Å². The van der Waals surface area contributed by atoms with Crippen LogP contribution in [-0.2, 0) is 25.7 Å². The van der Waals surface area contributed by atoms with Gasteiger partial charge in [-0.05, 0) is 35.6 Å². The van der Waals surface area contributed by atoms with Crippen molar-refractivity contribution in [3.8, 4) is 0 Å². The lowest BCUT2D eigenvalue weighted by atomic mass is 10.1. The van der Waals surface area contributed by atoms with E-state index in [-0.39, 0.29) is 12.2 Å². The summed E-state index contributed by atoms with van der Waals surface area (Å²) in [6.07, 6.45) is -2.40. The number of fused-ring (bicyclic) bond motifs is 2. The summed E-state index contributed by atoms with van der Waals surface area (Å²) in [6, 6.07) is 7.99. The predicted molar refractivity (Wildman–Crippen MR) is 86.0 cm³/mol. The van der Waals surface area contributed by atoms with E-state index in [1.807, 2.05) is 40.3 Å². The number of rotatable bonds is 2. The topological polar surface area (TPSA) is 64.8 Å². The van der Waals surface area contributed by atoms with Crippen molar-refractivity contribution < 1.29 is 13.2 Å². The predicted octanol–water partition coefficient (Wildman–Crippen LogP) is 2.83. The van der Waals surface area contributed by atoms with E-state index in [2.05, 4.69) is 9.97 Å². The van der Waals surface area contributed by atoms with E-state index in [0.717, 1.165) is 16.5 Å². The van der Waals surface area contributed by atoms with Crippen LogP contribution in [0.5, 0.6) is 0 Å². The van der Waals surface area contributed by atoms with Gasteiger partial charge in [0.05, 0.1) is 5.69 Å².